The molecule has 7 nitrogen and oxygen atoms in total. The van der Waals surface area contributed by atoms with Crippen molar-refractivity contribution in [3.8, 4) is 0 Å². The summed E-state index contributed by atoms with van der Waals surface area (Å²) in [6.45, 7) is 11.6. The number of nitrogens with one attached hydrogen (secondary N) is 1. The van der Waals surface area contributed by atoms with Crippen LogP contribution in [0.3, 0.4) is 0 Å². The predicted octanol–water partition coefficient (Wildman–Crippen LogP) is 3.87. The van der Waals surface area contributed by atoms with E-state index >= 15 is 0 Å². The zero-order valence-electron chi connectivity index (χ0n) is 18.2. The minimum atomic E-state index is -0.00947. The fraction of sp³-hybridized carbons (Fsp3) is 0.714. The molecule has 160 valence electrons. The quantitative estimate of drug-likeness (QED) is 0.518. The van der Waals surface area contributed by atoms with Crippen LogP contribution in [0.15, 0.2) is 11.4 Å². The molecule has 1 aliphatic heterocycles. The summed E-state index contributed by atoms with van der Waals surface area (Å²) >= 11 is 1.70. The van der Waals surface area contributed by atoms with E-state index in [4.69, 9.17) is 9.97 Å². The summed E-state index contributed by atoms with van der Waals surface area (Å²) in [5.74, 6) is 2.09. The molecule has 1 fully saturated rings. The number of fused-ring (bicyclic) bond motifs is 1. The van der Waals surface area contributed by atoms with Crippen LogP contribution >= 0.6 is 11.8 Å². The Bertz CT molecular complexity index is 822. The topological polar surface area (TPSA) is 75.9 Å². The van der Waals surface area contributed by atoms with Gasteiger partial charge in [-0.05, 0) is 31.1 Å². The van der Waals surface area contributed by atoms with Crippen LogP contribution in [-0.2, 0) is 11.3 Å². The maximum Gasteiger partial charge on any atom is 0.220 e. The number of piperidine rings is 1. The molecule has 8 heteroatoms. The van der Waals surface area contributed by atoms with Gasteiger partial charge < -0.3 is 10.2 Å². The number of aromatic nitrogens is 4. The van der Waals surface area contributed by atoms with E-state index in [1.165, 1.54) is 19.3 Å². The van der Waals surface area contributed by atoms with Crippen molar-refractivity contribution in [2.45, 2.75) is 71.5 Å². The SMILES string of the molecule is CCCSc1nc(N2CCCCC2)c2cnn(CCNC(=O)CC(C)(C)C)c2n1. The molecule has 2 aromatic heterocycles. The monoisotopic (exact) mass is 418 g/mol. The van der Waals surface area contributed by atoms with E-state index in [1.54, 1.807) is 11.8 Å². The Hall–Kier alpha value is -1.83. The highest BCUT2D eigenvalue weighted by molar-refractivity contribution is 7.99. The number of carbonyl (C=O) groups excluding carboxylic acids is 1. The number of rotatable bonds is 8. The fourth-order valence-corrected chi connectivity index (χ4v) is 4.22. The molecule has 1 saturated heterocycles. The van der Waals surface area contributed by atoms with Crippen molar-refractivity contribution in [2.24, 2.45) is 5.41 Å². The first-order valence-electron chi connectivity index (χ1n) is 10.8. The third-order valence-electron chi connectivity index (χ3n) is 4.88. The Morgan fingerprint density at radius 2 is 1.97 bits per heavy atom. The Morgan fingerprint density at radius 3 is 2.66 bits per heavy atom. The second kappa shape index (κ2) is 9.78. The number of anilines is 1. The van der Waals surface area contributed by atoms with Gasteiger partial charge in [-0.25, -0.2) is 14.6 Å². The molecule has 0 atom stereocenters. The molecule has 3 heterocycles. The molecule has 0 saturated carbocycles. The van der Waals surface area contributed by atoms with Crippen LogP contribution < -0.4 is 10.2 Å². The predicted molar refractivity (Wildman–Crippen MR) is 119 cm³/mol. The Labute approximate surface area is 178 Å². The van der Waals surface area contributed by atoms with Crippen LogP contribution in [0.1, 0.15) is 59.8 Å². The highest BCUT2D eigenvalue weighted by Crippen LogP contribution is 2.29. The minimum Gasteiger partial charge on any atom is -0.356 e. The van der Waals surface area contributed by atoms with Gasteiger partial charge in [0.2, 0.25) is 5.91 Å². The van der Waals surface area contributed by atoms with Crippen LogP contribution in [0, 0.1) is 5.41 Å². The van der Waals surface area contributed by atoms with Crippen molar-refractivity contribution in [2.75, 3.05) is 30.3 Å². The number of amides is 1. The van der Waals surface area contributed by atoms with Gasteiger partial charge in [0, 0.05) is 31.8 Å². The molecule has 0 aliphatic carbocycles. The van der Waals surface area contributed by atoms with Gasteiger partial charge in [0.25, 0.3) is 0 Å². The second-order valence-corrected chi connectivity index (χ2v) is 9.98. The first-order valence-corrected chi connectivity index (χ1v) is 11.7. The molecule has 1 amide bonds. The van der Waals surface area contributed by atoms with E-state index in [9.17, 15) is 4.79 Å². The lowest BCUT2D eigenvalue weighted by Gasteiger charge is -2.28. The lowest BCUT2D eigenvalue weighted by molar-refractivity contribution is -0.122. The highest BCUT2D eigenvalue weighted by atomic mass is 32.2. The molecule has 0 bridgehead atoms. The number of hydrogen-bond donors (Lipinski definition) is 1. The maximum atomic E-state index is 12.1. The van der Waals surface area contributed by atoms with Crippen LogP contribution in [0.2, 0.25) is 0 Å². The summed E-state index contributed by atoms with van der Waals surface area (Å²) in [6.07, 6.45) is 7.18. The number of nitrogens with zero attached hydrogens (tertiary/aromatic N) is 5. The van der Waals surface area contributed by atoms with Gasteiger partial charge in [-0.3, -0.25) is 4.79 Å². The third kappa shape index (κ3) is 6.07. The van der Waals surface area contributed by atoms with Gasteiger partial charge in [0.05, 0.1) is 18.1 Å². The van der Waals surface area contributed by atoms with Crippen LogP contribution in [0.4, 0.5) is 5.82 Å². The van der Waals surface area contributed by atoms with Gasteiger partial charge in [-0.2, -0.15) is 5.10 Å². The van der Waals surface area contributed by atoms with Crippen LogP contribution in [0.5, 0.6) is 0 Å². The molecule has 0 aromatic carbocycles. The molecule has 1 aliphatic rings. The van der Waals surface area contributed by atoms with Crippen LogP contribution in [0.25, 0.3) is 11.0 Å². The van der Waals surface area contributed by atoms with Gasteiger partial charge in [-0.15, -0.1) is 0 Å². The van der Waals surface area contributed by atoms with Gasteiger partial charge in [0.15, 0.2) is 10.8 Å². The lowest BCUT2D eigenvalue weighted by Crippen LogP contribution is -2.31. The number of hydrogen-bond acceptors (Lipinski definition) is 6. The van der Waals surface area contributed by atoms with Crippen molar-refractivity contribution in [1.82, 2.24) is 25.1 Å². The zero-order chi connectivity index (χ0) is 20.9. The first kappa shape index (κ1) is 21.9. The van der Waals surface area contributed by atoms with Crippen molar-refractivity contribution >= 4 is 34.5 Å². The van der Waals surface area contributed by atoms with Crippen molar-refractivity contribution < 1.29 is 4.79 Å². The molecule has 0 unspecified atom stereocenters. The average Bonchev–Trinajstić information content (AvgIpc) is 3.08. The Balaban J connectivity index is 1.78. The second-order valence-electron chi connectivity index (χ2n) is 8.92. The summed E-state index contributed by atoms with van der Waals surface area (Å²) in [4.78, 5) is 24.2. The van der Waals surface area contributed by atoms with E-state index in [0.717, 1.165) is 47.3 Å². The van der Waals surface area contributed by atoms with Gasteiger partial charge in [-0.1, -0.05) is 39.5 Å². The molecule has 3 rings (SSSR count). The normalized spacial score (nSPS) is 15.1. The van der Waals surface area contributed by atoms with Crippen molar-refractivity contribution in [1.29, 1.82) is 0 Å². The minimum absolute atomic E-state index is 0.00947. The molecular weight excluding hydrogens is 384 g/mol. The van der Waals surface area contributed by atoms with Crippen LogP contribution in [-0.4, -0.2) is 51.0 Å². The average molecular weight is 419 g/mol. The first-order chi connectivity index (χ1) is 13.9. The molecule has 29 heavy (non-hydrogen) atoms. The number of thioether (sulfide) groups is 1. The number of carbonyl (C=O) groups is 1. The summed E-state index contributed by atoms with van der Waals surface area (Å²) in [5.41, 5.74) is 0.856. The van der Waals surface area contributed by atoms with E-state index < -0.39 is 0 Å². The lowest BCUT2D eigenvalue weighted by atomic mass is 9.92. The molecule has 1 N–H and O–H groups in total. The summed E-state index contributed by atoms with van der Waals surface area (Å²) in [7, 11) is 0. The molecule has 0 radical (unpaired) electrons. The van der Waals surface area contributed by atoms with Crippen molar-refractivity contribution in [3.63, 3.8) is 0 Å². The van der Waals surface area contributed by atoms with E-state index in [0.29, 0.717) is 19.5 Å². The summed E-state index contributed by atoms with van der Waals surface area (Å²) in [5, 5.41) is 9.41. The van der Waals surface area contributed by atoms with Gasteiger partial charge >= 0.3 is 0 Å². The standard InChI is InChI=1S/C21H34N6OS/c1-5-13-29-20-24-18(26-10-7-6-8-11-26)16-15-23-27(19(16)25-20)12-9-22-17(28)14-21(2,3)4/h15H,5-14H2,1-4H3,(H,22,28). The Kier molecular flexibility index (Phi) is 7.38. The Morgan fingerprint density at radius 1 is 1.21 bits per heavy atom. The van der Waals surface area contributed by atoms with Gasteiger partial charge in [0.1, 0.15) is 5.82 Å². The maximum absolute atomic E-state index is 12.1. The molecule has 2 aromatic rings. The van der Waals surface area contributed by atoms with E-state index in [1.807, 2.05) is 10.9 Å². The summed E-state index contributed by atoms with van der Waals surface area (Å²) < 4.78 is 1.90. The third-order valence-corrected chi connectivity index (χ3v) is 5.94. The fourth-order valence-electron chi connectivity index (χ4n) is 3.53. The largest absolute Gasteiger partial charge is 0.356 e. The smallest absolute Gasteiger partial charge is 0.220 e. The zero-order valence-corrected chi connectivity index (χ0v) is 19.0. The van der Waals surface area contributed by atoms with Crippen molar-refractivity contribution in [3.05, 3.63) is 6.20 Å². The van der Waals surface area contributed by atoms with E-state index in [2.05, 4.69) is 43.0 Å². The molecule has 0 spiro atoms. The molecular formula is C21H34N6OS. The van der Waals surface area contributed by atoms with E-state index in [-0.39, 0.29) is 11.3 Å². The summed E-state index contributed by atoms with van der Waals surface area (Å²) in [6, 6.07) is 0. The highest BCUT2D eigenvalue weighted by Gasteiger charge is 2.20.